The van der Waals surface area contributed by atoms with E-state index in [2.05, 4.69) is 11.1 Å². The molecule has 1 aromatic heterocycles. The second-order valence-corrected chi connectivity index (χ2v) is 10.6. The smallest absolute Gasteiger partial charge is 0.305 e. The van der Waals surface area contributed by atoms with Crippen LogP contribution < -0.4 is 5.73 Å². The number of hydrogen-bond acceptors (Lipinski definition) is 14. The number of benzene rings is 2. The van der Waals surface area contributed by atoms with Crippen molar-refractivity contribution >= 4 is 52.2 Å². The average Bonchev–Trinajstić information content (AvgIpc) is 2.95. The molecule has 2 aromatic carbocycles. The van der Waals surface area contributed by atoms with Crippen LogP contribution in [0.2, 0.25) is 0 Å². The van der Waals surface area contributed by atoms with Gasteiger partial charge in [0.1, 0.15) is 28.5 Å². The third-order valence-corrected chi connectivity index (χ3v) is 7.45. The minimum atomic E-state index is -1.62. The number of aromatic nitrogens is 1. The third-order valence-electron chi connectivity index (χ3n) is 6.32. The first-order valence-electron chi connectivity index (χ1n) is 13.1. The molecule has 13 nitrogen and oxygen atoms in total. The van der Waals surface area contributed by atoms with E-state index in [0.717, 1.165) is 50.2 Å². The van der Waals surface area contributed by atoms with Gasteiger partial charge in [0.25, 0.3) is 0 Å². The molecule has 0 amide bonds. The summed E-state index contributed by atoms with van der Waals surface area (Å²) in [5, 5.41) is 22.1. The lowest BCUT2D eigenvalue weighted by molar-refractivity contribution is -0.280. The van der Waals surface area contributed by atoms with E-state index < -0.39 is 53.9 Å². The molecule has 14 heteroatoms. The van der Waals surface area contributed by atoms with Gasteiger partial charge in [-0.15, -0.1) is 0 Å². The van der Waals surface area contributed by atoms with Gasteiger partial charge in [-0.1, -0.05) is 48.2 Å². The Labute approximate surface area is 255 Å². The number of thioether (sulfide) groups is 1. The lowest BCUT2D eigenvalue weighted by atomic mass is 9.95. The number of carbonyl (C=O) groups is 4. The molecule has 0 bridgehead atoms. The number of anilines is 1. The molecular formula is C30H26N4O9S. The number of nitrogens with zero attached hydrogens (tertiary/aromatic N) is 3. The van der Waals surface area contributed by atoms with Crippen LogP contribution in [-0.2, 0) is 42.9 Å². The number of fused-ring (bicyclic) bond motifs is 1. The maximum absolute atomic E-state index is 12.2. The monoisotopic (exact) mass is 618 g/mol. The molecule has 0 spiro atoms. The topological polar surface area (TPSA) is 201 Å². The lowest BCUT2D eigenvalue weighted by Gasteiger charge is -2.43. The second kappa shape index (κ2) is 13.4. The summed E-state index contributed by atoms with van der Waals surface area (Å²) >= 11 is 0.749. The largest absolute Gasteiger partial charge is 0.455 e. The first-order valence-corrected chi connectivity index (χ1v) is 13.9. The second-order valence-electron chi connectivity index (χ2n) is 9.54. The lowest BCUT2D eigenvalue weighted by Crippen LogP contribution is -2.61. The first-order chi connectivity index (χ1) is 20.9. The fourth-order valence-electron chi connectivity index (χ4n) is 4.72. The molecule has 226 valence electrons. The summed E-state index contributed by atoms with van der Waals surface area (Å²) in [5.74, 6) is -3.47. The predicted octanol–water partition coefficient (Wildman–Crippen LogP) is 3.36. The Kier molecular flexibility index (Phi) is 9.68. The third kappa shape index (κ3) is 6.89. The molecule has 4 rings (SSSR count). The molecule has 2 heterocycles. The van der Waals surface area contributed by atoms with Gasteiger partial charge in [0.2, 0.25) is 12.4 Å². The Morgan fingerprint density at radius 2 is 1.36 bits per heavy atom. The SMILES string of the molecule is CC(=O)O[C@H]1O[C@@H](Sc2nc(N)c(C#N)c(-c3ccc4ccccc4c3)c2C#N)[C@H](OC(C)=O)[C@@H](OC(C)=O)[C@@H]1OC(C)=O. The van der Waals surface area contributed by atoms with Crippen molar-refractivity contribution in [1.82, 2.24) is 4.98 Å². The number of carbonyl (C=O) groups excluding carboxylic acids is 4. The molecule has 44 heavy (non-hydrogen) atoms. The van der Waals surface area contributed by atoms with Gasteiger partial charge in [-0.25, -0.2) is 4.98 Å². The molecule has 1 saturated heterocycles. The zero-order valence-electron chi connectivity index (χ0n) is 23.9. The van der Waals surface area contributed by atoms with Crippen LogP contribution in [0, 0.1) is 22.7 Å². The Morgan fingerprint density at radius 3 is 1.95 bits per heavy atom. The summed E-state index contributed by atoms with van der Waals surface area (Å²) in [5.41, 5.74) is 5.50. The molecule has 1 aliphatic rings. The van der Waals surface area contributed by atoms with Crippen molar-refractivity contribution in [2.75, 3.05) is 5.73 Å². The van der Waals surface area contributed by atoms with Crippen LogP contribution >= 0.6 is 11.8 Å². The fraction of sp³-hybridized carbons (Fsp3) is 0.300. The van der Waals surface area contributed by atoms with Gasteiger partial charge in [0, 0.05) is 33.3 Å². The average molecular weight is 619 g/mol. The van der Waals surface area contributed by atoms with Gasteiger partial charge in [-0.05, 0) is 22.4 Å². The van der Waals surface area contributed by atoms with E-state index in [-0.39, 0.29) is 27.5 Å². The van der Waals surface area contributed by atoms with Crippen molar-refractivity contribution < 1.29 is 42.9 Å². The normalized spacial score (nSPS) is 20.9. The molecular weight excluding hydrogens is 592 g/mol. The first kappa shape index (κ1) is 31.7. The zero-order valence-corrected chi connectivity index (χ0v) is 24.7. The van der Waals surface area contributed by atoms with Gasteiger partial charge < -0.3 is 29.4 Å². The van der Waals surface area contributed by atoms with Gasteiger partial charge in [0.05, 0.1) is 5.56 Å². The molecule has 0 saturated carbocycles. The molecule has 2 N–H and O–H groups in total. The number of nitrogens with two attached hydrogens (primary N) is 1. The summed E-state index contributed by atoms with van der Waals surface area (Å²) < 4.78 is 27.4. The van der Waals surface area contributed by atoms with Gasteiger partial charge in [-0.2, -0.15) is 10.5 Å². The number of pyridine rings is 1. The number of nitriles is 2. The highest BCUT2D eigenvalue weighted by Crippen LogP contribution is 2.42. The molecule has 1 fully saturated rings. The van der Waals surface area contributed by atoms with Crippen LogP contribution in [0.25, 0.3) is 21.9 Å². The highest BCUT2D eigenvalue weighted by molar-refractivity contribution is 7.99. The molecule has 5 atom stereocenters. The number of nitrogen functional groups attached to an aromatic ring is 1. The number of esters is 4. The Morgan fingerprint density at radius 1 is 0.795 bits per heavy atom. The van der Waals surface area contributed by atoms with E-state index >= 15 is 0 Å². The van der Waals surface area contributed by atoms with E-state index in [4.69, 9.17) is 29.4 Å². The van der Waals surface area contributed by atoms with E-state index in [0.29, 0.717) is 5.56 Å². The van der Waals surface area contributed by atoms with Crippen molar-refractivity contribution in [1.29, 1.82) is 10.5 Å². The van der Waals surface area contributed by atoms with E-state index in [9.17, 15) is 29.7 Å². The molecule has 0 radical (unpaired) electrons. The van der Waals surface area contributed by atoms with Crippen molar-refractivity contribution in [2.24, 2.45) is 0 Å². The van der Waals surface area contributed by atoms with E-state index in [1.165, 1.54) is 0 Å². The van der Waals surface area contributed by atoms with Gasteiger partial charge in [0.15, 0.2) is 17.6 Å². The highest BCUT2D eigenvalue weighted by atomic mass is 32.2. The van der Waals surface area contributed by atoms with Crippen molar-refractivity contribution in [3.05, 3.63) is 53.6 Å². The molecule has 3 aromatic rings. The summed E-state index contributed by atoms with van der Waals surface area (Å²) in [4.78, 5) is 52.5. The van der Waals surface area contributed by atoms with Crippen molar-refractivity contribution in [3.8, 4) is 23.3 Å². The van der Waals surface area contributed by atoms with Gasteiger partial charge >= 0.3 is 23.9 Å². The number of ether oxygens (including phenoxy) is 5. The highest BCUT2D eigenvalue weighted by Gasteiger charge is 2.54. The predicted molar refractivity (Wildman–Crippen MR) is 154 cm³/mol. The quantitative estimate of drug-likeness (QED) is 0.298. The minimum Gasteiger partial charge on any atom is -0.455 e. The maximum Gasteiger partial charge on any atom is 0.305 e. The van der Waals surface area contributed by atoms with Crippen molar-refractivity contribution in [2.45, 2.75) is 62.8 Å². The number of rotatable bonds is 7. The zero-order chi connectivity index (χ0) is 32.1. The summed E-state index contributed by atoms with van der Waals surface area (Å²) in [6, 6.07) is 17.0. The Hall–Kier alpha value is -5.18. The summed E-state index contributed by atoms with van der Waals surface area (Å²) in [6.07, 6.45) is -6.10. The standard InChI is InChI=1S/C30H26N4O9S/c1-14(35)39-24-25(40-15(2)36)29(42-17(4)38)43-30(26(24)41-16(3)37)44-28-22(13-32)23(21(12-31)27(33)34-28)20-10-9-18-7-5-6-8-19(18)11-20/h5-11,24-26,29-30H,1-4H3,(H2,33,34)/t24-,25-,26+,29-,30-/m0/s1. The number of hydrogen-bond donors (Lipinski definition) is 1. The van der Waals surface area contributed by atoms with Crippen LogP contribution in [0.5, 0.6) is 0 Å². The van der Waals surface area contributed by atoms with Crippen LogP contribution in [0.15, 0.2) is 47.5 Å². The Bertz CT molecular complexity index is 1730. The van der Waals surface area contributed by atoms with Crippen LogP contribution in [0.4, 0.5) is 5.82 Å². The Balaban J connectivity index is 1.88. The van der Waals surface area contributed by atoms with Crippen LogP contribution in [-0.4, -0.2) is 58.9 Å². The molecule has 0 aliphatic carbocycles. The summed E-state index contributed by atoms with van der Waals surface area (Å²) in [7, 11) is 0. The summed E-state index contributed by atoms with van der Waals surface area (Å²) in [6.45, 7) is 4.35. The molecule has 1 aliphatic heterocycles. The van der Waals surface area contributed by atoms with Crippen LogP contribution in [0.3, 0.4) is 0 Å². The van der Waals surface area contributed by atoms with E-state index in [1.54, 1.807) is 12.1 Å². The van der Waals surface area contributed by atoms with Crippen molar-refractivity contribution in [3.63, 3.8) is 0 Å². The minimum absolute atomic E-state index is 0.0246. The van der Waals surface area contributed by atoms with E-state index in [1.807, 2.05) is 36.4 Å². The van der Waals surface area contributed by atoms with Crippen LogP contribution in [0.1, 0.15) is 38.8 Å². The molecule has 0 unspecified atom stereocenters. The fourth-order valence-corrected chi connectivity index (χ4v) is 5.86. The van der Waals surface area contributed by atoms with Gasteiger partial charge in [-0.3, -0.25) is 19.2 Å². The maximum atomic E-state index is 12.2.